The van der Waals surface area contributed by atoms with Gasteiger partial charge < -0.3 is 10.4 Å². The van der Waals surface area contributed by atoms with E-state index in [1.807, 2.05) is 0 Å². The number of benzene rings is 1. The van der Waals surface area contributed by atoms with Crippen molar-refractivity contribution in [2.75, 3.05) is 5.75 Å². The summed E-state index contributed by atoms with van der Waals surface area (Å²) in [5, 5.41) is 12.3. The number of thioether (sulfide) groups is 1. The molecule has 0 radical (unpaired) electrons. The summed E-state index contributed by atoms with van der Waals surface area (Å²) in [5.74, 6) is 0.0924. The Labute approximate surface area is 117 Å². The molecule has 1 aromatic rings. The van der Waals surface area contributed by atoms with Crippen molar-refractivity contribution in [3.05, 3.63) is 30.1 Å². The van der Waals surface area contributed by atoms with E-state index in [9.17, 15) is 14.3 Å². The van der Waals surface area contributed by atoms with Crippen LogP contribution in [0.3, 0.4) is 0 Å². The standard InChI is InChI=1S/C14H20FNO2S/c1-10(17)14(2,3)16-13(18)8-9-19-12-7-5-4-6-11(12)15/h4-7,10,17H,8-9H2,1-3H3,(H,16,18). The molecular weight excluding hydrogens is 265 g/mol. The highest BCUT2D eigenvalue weighted by molar-refractivity contribution is 7.99. The first-order chi connectivity index (χ1) is 8.83. The first-order valence-electron chi connectivity index (χ1n) is 6.19. The fourth-order valence-corrected chi connectivity index (χ4v) is 2.23. The Morgan fingerprint density at radius 3 is 2.68 bits per heavy atom. The van der Waals surface area contributed by atoms with Gasteiger partial charge in [-0.05, 0) is 32.9 Å². The summed E-state index contributed by atoms with van der Waals surface area (Å²) >= 11 is 1.31. The van der Waals surface area contributed by atoms with Crippen molar-refractivity contribution in [2.45, 2.75) is 43.7 Å². The molecule has 0 saturated heterocycles. The Morgan fingerprint density at radius 2 is 2.11 bits per heavy atom. The summed E-state index contributed by atoms with van der Waals surface area (Å²) in [5.41, 5.74) is -0.653. The van der Waals surface area contributed by atoms with E-state index >= 15 is 0 Å². The van der Waals surface area contributed by atoms with Crippen molar-refractivity contribution in [3.8, 4) is 0 Å². The highest BCUT2D eigenvalue weighted by Gasteiger charge is 2.25. The van der Waals surface area contributed by atoms with Gasteiger partial charge in [-0.3, -0.25) is 4.79 Å². The molecule has 0 saturated carbocycles. The van der Waals surface area contributed by atoms with Crippen LogP contribution < -0.4 is 5.32 Å². The van der Waals surface area contributed by atoms with Crippen LogP contribution in [0.1, 0.15) is 27.2 Å². The van der Waals surface area contributed by atoms with Crippen LogP contribution in [-0.2, 0) is 4.79 Å². The second-order valence-corrected chi connectivity index (χ2v) is 6.11. The van der Waals surface area contributed by atoms with Crippen molar-refractivity contribution in [2.24, 2.45) is 0 Å². The largest absolute Gasteiger partial charge is 0.391 e. The second-order valence-electron chi connectivity index (χ2n) is 4.97. The number of carbonyl (C=O) groups excluding carboxylic acids is 1. The molecule has 3 nitrogen and oxygen atoms in total. The number of rotatable bonds is 6. The van der Waals surface area contributed by atoms with E-state index in [2.05, 4.69) is 5.32 Å². The molecule has 1 amide bonds. The van der Waals surface area contributed by atoms with Crippen molar-refractivity contribution in [3.63, 3.8) is 0 Å². The summed E-state index contributed by atoms with van der Waals surface area (Å²) in [6, 6.07) is 6.50. The Bertz CT molecular complexity index is 435. The minimum absolute atomic E-state index is 0.144. The van der Waals surface area contributed by atoms with Gasteiger partial charge in [-0.1, -0.05) is 12.1 Å². The first-order valence-corrected chi connectivity index (χ1v) is 7.18. The molecule has 0 aliphatic rings. The molecule has 1 unspecified atom stereocenters. The van der Waals surface area contributed by atoms with Crippen molar-refractivity contribution in [1.29, 1.82) is 0 Å². The van der Waals surface area contributed by atoms with Gasteiger partial charge in [0.1, 0.15) is 5.82 Å². The zero-order chi connectivity index (χ0) is 14.5. The smallest absolute Gasteiger partial charge is 0.221 e. The van der Waals surface area contributed by atoms with E-state index in [0.29, 0.717) is 10.6 Å². The van der Waals surface area contributed by atoms with Crippen LogP contribution in [-0.4, -0.2) is 28.4 Å². The molecule has 5 heteroatoms. The highest BCUT2D eigenvalue weighted by atomic mass is 32.2. The molecule has 2 N–H and O–H groups in total. The third-order valence-electron chi connectivity index (χ3n) is 2.93. The number of amides is 1. The molecule has 0 aliphatic carbocycles. The van der Waals surface area contributed by atoms with Crippen LogP contribution in [0.4, 0.5) is 4.39 Å². The van der Waals surface area contributed by atoms with Gasteiger partial charge >= 0.3 is 0 Å². The number of aliphatic hydroxyl groups is 1. The summed E-state index contributed by atoms with van der Waals surface area (Å²) < 4.78 is 13.3. The molecule has 0 bridgehead atoms. The monoisotopic (exact) mass is 285 g/mol. The van der Waals surface area contributed by atoms with Crippen LogP contribution in [0.25, 0.3) is 0 Å². The van der Waals surface area contributed by atoms with Crippen molar-refractivity contribution in [1.82, 2.24) is 5.32 Å². The summed E-state index contributed by atoms with van der Waals surface area (Å²) in [7, 11) is 0. The fourth-order valence-electron chi connectivity index (χ4n) is 1.34. The lowest BCUT2D eigenvalue weighted by molar-refractivity contribution is -0.123. The molecule has 1 rings (SSSR count). The lowest BCUT2D eigenvalue weighted by atomic mass is 9.99. The zero-order valence-corrected chi connectivity index (χ0v) is 12.3. The van der Waals surface area contributed by atoms with Crippen LogP contribution in [0.5, 0.6) is 0 Å². The zero-order valence-electron chi connectivity index (χ0n) is 11.4. The van der Waals surface area contributed by atoms with Gasteiger partial charge in [-0.2, -0.15) is 0 Å². The topological polar surface area (TPSA) is 49.3 Å². The summed E-state index contributed by atoms with van der Waals surface area (Å²) in [6.45, 7) is 5.16. The molecule has 19 heavy (non-hydrogen) atoms. The number of hydrogen-bond acceptors (Lipinski definition) is 3. The van der Waals surface area contributed by atoms with E-state index in [-0.39, 0.29) is 18.1 Å². The molecule has 106 valence electrons. The van der Waals surface area contributed by atoms with Gasteiger partial charge in [0, 0.05) is 17.1 Å². The van der Waals surface area contributed by atoms with Crippen molar-refractivity contribution < 1.29 is 14.3 Å². The Kier molecular flexibility index (Phi) is 5.82. The maximum Gasteiger partial charge on any atom is 0.221 e. The molecule has 1 aromatic carbocycles. The van der Waals surface area contributed by atoms with Gasteiger partial charge in [0.25, 0.3) is 0 Å². The van der Waals surface area contributed by atoms with E-state index in [1.54, 1.807) is 39.0 Å². The van der Waals surface area contributed by atoms with E-state index in [4.69, 9.17) is 0 Å². The van der Waals surface area contributed by atoms with Crippen LogP contribution in [0, 0.1) is 5.82 Å². The average Bonchev–Trinajstić information content (AvgIpc) is 2.30. The maximum atomic E-state index is 13.3. The van der Waals surface area contributed by atoms with E-state index in [1.165, 1.54) is 17.8 Å². The molecule has 0 spiro atoms. The van der Waals surface area contributed by atoms with Crippen LogP contribution >= 0.6 is 11.8 Å². The molecule has 0 aromatic heterocycles. The number of hydrogen-bond donors (Lipinski definition) is 2. The minimum Gasteiger partial charge on any atom is -0.391 e. The lowest BCUT2D eigenvalue weighted by Gasteiger charge is -2.29. The molecule has 0 fully saturated rings. The predicted molar refractivity (Wildman–Crippen MR) is 75.6 cm³/mol. The fraction of sp³-hybridized carbons (Fsp3) is 0.500. The predicted octanol–water partition coefficient (Wildman–Crippen LogP) is 2.58. The Balaban J connectivity index is 2.38. The van der Waals surface area contributed by atoms with Crippen molar-refractivity contribution >= 4 is 17.7 Å². The molecule has 0 heterocycles. The van der Waals surface area contributed by atoms with Crippen LogP contribution in [0.15, 0.2) is 29.2 Å². The number of nitrogens with one attached hydrogen (secondary N) is 1. The van der Waals surface area contributed by atoms with Gasteiger partial charge in [0.2, 0.25) is 5.91 Å². The second kappa shape index (κ2) is 6.91. The normalized spacial score (nSPS) is 13.1. The van der Waals surface area contributed by atoms with Gasteiger partial charge in [-0.25, -0.2) is 4.39 Å². The lowest BCUT2D eigenvalue weighted by Crippen LogP contribution is -2.51. The Morgan fingerprint density at radius 1 is 1.47 bits per heavy atom. The minimum atomic E-state index is -0.653. The third-order valence-corrected chi connectivity index (χ3v) is 3.98. The average molecular weight is 285 g/mol. The molecular formula is C14H20FNO2S. The number of aliphatic hydroxyl groups excluding tert-OH is 1. The third kappa shape index (κ3) is 5.20. The van der Waals surface area contributed by atoms with Gasteiger partial charge in [0.15, 0.2) is 0 Å². The quantitative estimate of drug-likeness (QED) is 0.790. The van der Waals surface area contributed by atoms with E-state index < -0.39 is 11.6 Å². The van der Waals surface area contributed by atoms with Gasteiger partial charge in [-0.15, -0.1) is 11.8 Å². The van der Waals surface area contributed by atoms with E-state index in [0.717, 1.165) is 0 Å². The van der Waals surface area contributed by atoms with Crippen LogP contribution in [0.2, 0.25) is 0 Å². The summed E-state index contributed by atoms with van der Waals surface area (Å²) in [6.07, 6.45) is -0.342. The van der Waals surface area contributed by atoms with Gasteiger partial charge in [0.05, 0.1) is 11.6 Å². The highest BCUT2D eigenvalue weighted by Crippen LogP contribution is 2.21. The summed E-state index contributed by atoms with van der Waals surface area (Å²) in [4.78, 5) is 12.3. The molecule has 1 atom stereocenters. The Hall–Kier alpha value is -1.07. The first kappa shape index (κ1) is 16.0. The maximum absolute atomic E-state index is 13.3. The molecule has 0 aliphatic heterocycles. The number of carbonyl (C=O) groups is 1. The SMILES string of the molecule is CC(O)C(C)(C)NC(=O)CCSc1ccccc1F. The number of halogens is 1.